The predicted molar refractivity (Wildman–Crippen MR) is 43.1 cm³/mol. The molecule has 0 radical (unpaired) electrons. The molecule has 64 valence electrons. The zero-order valence-corrected chi connectivity index (χ0v) is 7.04. The van der Waals surface area contributed by atoms with Crippen molar-refractivity contribution in [3.8, 4) is 0 Å². The highest BCUT2D eigenvalue weighted by molar-refractivity contribution is 5.93. The minimum Gasteiger partial charge on any atom is -0.364 e. The molecule has 0 saturated heterocycles. The van der Waals surface area contributed by atoms with Crippen molar-refractivity contribution in [3.63, 3.8) is 0 Å². The molecule has 0 aromatic carbocycles. The topological polar surface area (TPSA) is 43.1 Å². The maximum Gasteiger partial charge on any atom is 0.181 e. The molecule has 1 aromatic heterocycles. The lowest BCUT2D eigenvalue weighted by Gasteiger charge is -2.23. The first kappa shape index (κ1) is 7.53. The molecule has 0 atom stereocenters. The summed E-state index contributed by atoms with van der Waals surface area (Å²) in [5, 5.41) is 3.69. The van der Waals surface area contributed by atoms with Gasteiger partial charge in [0.2, 0.25) is 0 Å². The molecule has 0 N–H and O–H groups in total. The Hall–Kier alpha value is -1.12. The Balaban J connectivity index is 2.29. The van der Waals surface area contributed by atoms with E-state index < -0.39 is 0 Å². The second-order valence-corrected chi connectivity index (χ2v) is 3.30. The van der Waals surface area contributed by atoms with Gasteiger partial charge < -0.3 is 4.52 Å². The Morgan fingerprint density at radius 3 is 2.92 bits per heavy atom. The van der Waals surface area contributed by atoms with Gasteiger partial charge in [-0.25, -0.2) is 0 Å². The van der Waals surface area contributed by atoms with Crippen LogP contribution in [-0.2, 0) is 0 Å². The summed E-state index contributed by atoms with van der Waals surface area (Å²) in [7, 11) is 0. The van der Waals surface area contributed by atoms with Gasteiger partial charge in [0.05, 0.1) is 0 Å². The van der Waals surface area contributed by atoms with Crippen molar-refractivity contribution < 1.29 is 9.32 Å². The summed E-state index contributed by atoms with van der Waals surface area (Å²) in [4.78, 5) is 11.0. The average Bonchev–Trinajstić information content (AvgIpc) is 2.31. The molecule has 3 nitrogen and oxygen atoms in total. The Kier molecular flexibility index (Phi) is 1.71. The van der Waals surface area contributed by atoms with Crippen molar-refractivity contribution in [3.05, 3.63) is 17.5 Å². The van der Waals surface area contributed by atoms with Crippen LogP contribution in [0.2, 0.25) is 0 Å². The molecule has 12 heavy (non-hydrogen) atoms. The van der Waals surface area contributed by atoms with Crippen molar-refractivity contribution in [2.24, 2.45) is 0 Å². The third-order valence-electron chi connectivity index (χ3n) is 2.48. The number of nitrogens with zero attached hydrogens (tertiary/aromatic N) is 1. The summed E-state index contributed by atoms with van der Waals surface area (Å²) < 4.78 is 4.79. The van der Waals surface area contributed by atoms with Gasteiger partial charge in [0.25, 0.3) is 0 Å². The van der Waals surface area contributed by atoms with Crippen LogP contribution in [0, 0.1) is 0 Å². The first-order valence-corrected chi connectivity index (χ1v) is 4.24. The highest BCUT2D eigenvalue weighted by Gasteiger charge is 2.26. The lowest BCUT2D eigenvalue weighted by atomic mass is 9.80. The Morgan fingerprint density at radius 2 is 2.42 bits per heavy atom. The summed E-state index contributed by atoms with van der Waals surface area (Å²) in [5.74, 6) is 0.529. The monoisotopic (exact) mass is 165 g/mol. The number of carbonyl (C=O) groups is 1. The molecule has 1 saturated carbocycles. The second kappa shape index (κ2) is 2.73. The lowest BCUT2D eigenvalue weighted by Crippen LogP contribution is -2.11. The lowest BCUT2D eigenvalue weighted by molar-refractivity contribution is 0.100. The van der Waals surface area contributed by atoms with Gasteiger partial charge in [-0.05, 0) is 18.8 Å². The van der Waals surface area contributed by atoms with Gasteiger partial charge in [-0.2, -0.15) is 0 Å². The minimum atomic E-state index is 0.00523. The summed E-state index contributed by atoms with van der Waals surface area (Å²) in [5.41, 5.74) is 1.54. The molecule has 1 heterocycles. The van der Waals surface area contributed by atoms with E-state index in [1.54, 1.807) is 6.26 Å². The van der Waals surface area contributed by atoms with Crippen LogP contribution >= 0.6 is 0 Å². The fourth-order valence-corrected chi connectivity index (χ4v) is 1.52. The van der Waals surface area contributed by atoms with E-state index in [-0.39, 0.29) is 5.78 Å². The van der Waals surface area contributed by atoms with Crippen LogP contribution in [0.15, 0.2) is 10.8 Å². The highest BCUT2D eigenvalue weighted by Crippen LogP contribution is 2.37. The van der Waals surface area contributed by atoms with Crippen molar-refractivity contribution in [1.29, 1.82) is 0 Å². The molecule has 0 bridgehead atoms. The van der Waals surface area contributed by atoms with Gasteiger partial charge in [0.15, 0.2) is 11.5 Å². The molecular formula is C9H11NO2. The Bertz CT molecular complexity index is 299. The van der Waals surface area contributed by atoms with E-state index in [0.29, 0.717) is 11.6 Å². The van der Waals surface area contributed by atoms with E-state index in [0.717, 1.165) is 5.56 Å². The molecule has 2 rings (SSSR count). The van der Waals surface area contributed by atoms with Gasteiger partial charge in [-0.3, -0.25) is 4.79 Å². The Labute approximate surface area is 70.7 Å². The van der Waals surface area contributed by atoms with Crippen molar-refractivity contribution in [2.75, 3.05) is 0 Å². The zero-order valence-electron chi connectivity index (χ0n) is 7.04. The largest absolute Gasteiger partial charge is 0.364 e. The predicted octanol–water partition coefficient (Wildman–Crippen LogP) is 2.14. The van der Waals surface area contributed by atoms with E-state index in [9.17, 15) is 4.79 Å². The smallest absolute Gasteiger partial charge is 0.181 e. The van der Waals surface area contributed by atoms with Crippen LogP contribution in [0.5, 0.6) is 0 Å². The number of carbonyl (C=O) groups excluding carboxylic acids is 1. The molecule has 1 aromatic rings. The van der Waals surface area contributed by atoms with Crippen LogP contribution in [-0.4, -0.2) is 10.9 Å². The molecule has 0 spiro atoms. The van der Waals surface area contributed by atoms with Crippen LogP contribution in [0.4, 0.5) is 0 Å². The summed E-state index contributed by atoms with van der Waals surface area (Å²) in [6, 6.07) is 0. The fraction of sp³-hybridized carbons (Fsp3) is 0.556. The van der Waals surface area contributed by atoms with Gasteiger partial charge in [-0.15, -0.1) is 0 Å². The number of rotatable bonds is 2. The Morgan fingerprint density at radius 1 is 1.67 bits per heavy atom. The van der Waals surface area contributed by atoms with Gasteiger partial charge >= 0.3 is 0 Å². The SMILES string of the molecule is CC(=O)c1nocc1C1CCC1. The number of aromatic nitrogens is 1. The summed E-state index contributed by atoms with van der Waals surface area (Å²) >= 11 is 0. The molecule has 0 aliphatic heterocycles. The van der Waals surface area contributed by atoms with Crippen molar-refractivity contribution in [1.82, 2.24) is 5.16 Å². The van der Waals surface area contributed by atoms with E-state index in [2.05, 4.69) is 5.16 Å². The van der Waals surface area contributed by atoms with E-state index in [4.69, 9.17) is 4.52 Å². The van der Waals surface area contributed by atoms with Crippen LogP contribution < -0.4 is 0 Å². The highest BCUT2D eigenvalue weighted by atomic mass is 16.5. The molecular weight excluding hydrogens is 154 g/mol. The van der Waals surface area contributed by atoms with E-state index in [1.165, 1.54) is 26.2 Å². The molecule has 0 amide bonds. The maximum atomic E-state index is 11.0. The quantitative estimate of drug-likeness (QED) is 0.630. The number of Topliss-reactive ketones (excluding diaryl/α,β-unsaturated/α-hetero) is 1. The molecule has 3 heteroatoms. The molecule has 1 aliphatic rings. The molecule has 1 fully saturated rings. The molecule has 1 aliphatic carbocycles. The van der Waals surface area contributed by atoms with Gasteiger partial charge in [0, 0.05) is 12.5 Å². The molecule has 0 unspecified atom stereocenters. The fourth-order valence-electron chi connectivity index (χ4n) is 1.52. The van der Waals surface area contributed by atoms with Crippen molar-refractivity contribution in [2.45, 2.75) is 32.1 Å². The average molecular weight is 165 g/mol. The van der Waals surface area contributed by atoms with Crippen molar-refractivity contribution >= 4 is 5.78 Å². The van der Waals surface area contributed by atoms with Gasteiger partial charge in [0.1, 0.15) is 6.26 Å². The third kappa shape index (κ3) is 1.05. The van der Waals surface area contributed by atoms with Crippen LogP contribution in [0.3, 0.4) is 0 Å². The second-order valence-electron chi connectivity index (χ2n) is 3.30. The first-order valence-electron chi connectivity index (χ1n) is 4.24. The van der Waals surface area contributed by atoms with Crippen LogP contribution in [0.25, 0.3) is 0 Å². The first-order chi connectivity index (χ1) is 5.79. The summed E-state index contributed by atoms with van der Waals surface area (Å²) in [6.07, 6.45) is 5.21. The summed E-state index contributed by atoms with van der Waals surface area (Å²) in [6.45, 7) is 1.53. The zero-order chi connectivity index (χ0) is 8.55. The number of hydrogen-bond acceptors (Lipinski definition) is 3. The maximum absolute atomic E-state index is 11.0. The minimum absolute atomic E-state index is 0.00523. The van der Waals surface area contributed by atoms with E-state index >= 15 is 0 Å². The normalized spacial score (nSPS) is 17.4. The number of ketones is 1. The standard InChI is InChI=1S/C9H11NO2/c1-6(11)9-8(5-12-10-9)7-3-2-4-7/h5,7H,2-4H2,1H3. The van der Waals surface area contributed by atoms with Crippen LogP contribution in [0.1, 0.15) is 48.2 Å². The third-order valence-corrected chi connectivity index (χ3v) is 2.48. The van der Waals surface area contributed by atoms with E-state index in [1.807, 2.05) is 0 Å². The van der Waals surface area contributed by atoms with Gasteiger partial charge in [-0.1, -0.05) is 11.6 Å². The number of hydrogen-bond donors (Lipinski definition) is 0.